The molecule has 0 bridgehead atoms. The van der Waals surface area contributed by atoms with Gasteiger partial charge in [-0.05, 0) is 25.0 Å². The summed E-state index contributed by atoms with van der Waals surface area (Å²) in [6, 6.07) is 4.83. The van der Waals surface area contributed by atoms with Crippen molar-refractivity contribution >= 4 is 11.7 Å². The molecule has 1 aliphatic heterocycles. The Morgan fingerprint density at radius 2 is 2.00 bits per heavy atom. The highest BCUT2D eigenvalue weighted by Gasteiger charge is 2.15. The fourth-order valence-corrected chi connectivity index (χ4v) is 1.80. The minimum atomic E-state index is -0.311. The van der Waals surface area contributed by atoms with E-state index < -0.39 is 0 Å². The van der Waals surface area contributed by atoms with Crippen LogP contribution in [0, 0.1) is 5.92 Å². The van der Waals surface area contributed by atoms with Crippen LogP contribution in [-0.2, 0) is 0 Å². The van der Waals surface area contributed by atoms with Gasteiger partial charge < -0.3 is 25.2 Å². The number of carbonyl (C=O) groups is 1. The average molecular weight is 280 g/mol. The summed E-state index contributed by atoms with van der Waals surface area (Å²) >= 11 is 0. The van der Waals surface area contributed by atoms with Crippen molar-refractivity contribution in [2.45, 2.75) is 19.9 Å². The van der Waals surface area contributed by atoms with Crippen molar-refractivity contribution in [3.05, 3.63) is 18.2 Å². The molecule has 3 N–H and O–H groups in total. The first-order valence-corrected chi connectivity index (χ1v) is 6.68. The molecule has 2 rings (SSSR count). The molecule has 0 aliphatic carbocycles. The van der Waals surface area contributed by atoms with Gasteiger partial charge in [0.1, 0.15) is 13.2 Å². The third-order valence-electron chi connectivity index (χ3n) is 3.30. The van der Waals surface area contributed by atoms with Gasteiger partial charge in [0.2, 0.25) is 0 Å². The highest BCUT2D eigenvalue weighted by atomic mass is 16.6. The zero-order chi connectivity index (χ0) is 14.5. The van der Waals surface area contributed by atoms with E-state index in [9.17, 15) is 4.79 Å². The van der Waals surface area contributed by atoms with Crippen molar-refractivity contribution in [1.29, 1.82) is 0 Å². The maximum absolute atomic E-state index is 11.8. The smallest absolute Gasteiger partial charge is 0.319 e. The molecule has 6 nitrogen and oxygen atoms in total. The van der Waals surface area contributed by atoms with Crippen molar-refractivity contribution in [2.75, 3.05) is 25.1 Å². The number of hydrogen-bond donors (Lipinski definition) is 3. The predicted octanol–water partition coefficient (Wildman–Crippen LogP) is 1.60. The zero-order valence-corrected chi connectivity index (χ0v) is 11.7. The quantitative estimate of drug-likeness (QED) is 0.782. The van der Waals surface area contributed by atoms with Gasteiger partial charge in [0, 0.05) is 24.4 Å². The van der Waals surface area contributed by atoms with Crippen LogP contribution in [0.3, 0.4) is 0 Å². The second kappa shape index (κ2) is 6.47. The molecular weight excluding hydrogens is 260 g/mol. The number of aliphatic hydroxyl groups excluding tert-OH is 1. The summed E-state index contributed by atoms with van der Waals surface area (Å²) in [7, 11) is 0. The van der Waals surface area contributed by atoms with Crippen LogP contribution in [0.25, 0.3) is 0 Å². The fraction of sp³-hybridized carbons (Fsp3) is 0.500. The molecule has 2 atom stereocenters. The summed E-state index contributed by atoms with van der Waals surface area (Å²) in [6.07, 6.45) is 0. The molecule has 2 amide bonds. The number of carbonyl (C=O) groups excluding carboxylic acids is 1. The number of ether oxygens (including phenoxy) is 2. The number of hydrogen-bond acceptors (Lipinski definition) is 4. The SMILES string of the molecule is C[C@H](CO)[C@H](C)NC(=O)Nc1ccc2c(c1)OCCO2. The predicted molar refractivity (Wildman–Crippen MR) is 75.3 cm³/mol. The zero-order valence-electron chi connectivity index (χ0n) is 11.7. The van der Waals surface area contributed by atoms with Gasteiger partial charge in [-0.15, -0.1) is 0 Å². The summed E-state index contributed by atoms with van der Waals surface area (Å²) in [5, 5.41) is 14.5. The molecule has 6 heteroatoms. The third kappa shape index (κ3) is 3.54. The summed E-state index contributed by atoms with van der Waals surface area (Å²) in [4.78, 5) is 11.8. The fourth-order valence-electron chi connectivity index (χ4n) is 1.80. The van der Waals surface area contributed by atoms with Gasteiger partial charge in [-0.3, -0.25) is 0 Å². The normalized spacial score (nSPS) is 16.1. The van der Waals surface area contributed by atoms with Crippen molar-refractivity contribution in [3.8, 4) is 11.5 Å². The molecule has 110 valence electrons. The molecule has 0 unspecified atom stereocenters. The second-order valence-electron chi connectivity index (χ2n) is 4.91. The molecule has 0 aromatic heterocycles. The first-order valence-electron chi connectivity index (χ1n) is 6.68. The highest BCUT2D eigenvalue weighted by molar-refractivity contribution is 5.89. The molecule has 20 heavy (non-hydrogen) atoms. The summed E-state index contributed by atoms with van der Waals surface area (Å²) in [6.45, 7) is 4.80. The Morgan fingerprint density at radius 3 is 2.70 bits per heavy atom. The molecule has 0 radical (unpaired) electrons. The molecule has 0 saturated carbocycles. The minimum Gasteiger partial charge on any atom is -0.486 e. The number of fused-ring (bicyclic) bond motifs is 1. The van der Waals surface area contributed by atoms with E-state index >= 15 is 0 Å². The van der Waals surface area contributed by atoms with Crippen LogP contribution in [0.5, 0.6) is 11.5 Å². The molecule has 1 heterocycles. The third-order valence-corrected chi connectivity index (χ3v) is 3.30. The van der Waals surface area contributed by atoms with Crippen molar-refractivity contribution in [2.24, 2.45) is 5.92 Å². The number of anilines is 1. The Hall–Kier alpha value is -1.95. The molecular formula is C14H20N2O4. The van der Waals surface area contributed by atoms with Gasteiger partial charge in [0.15, 0.2) is 11.5 Å². The lowest BCUT2D eigenvalue weighted by Crippen LogP contribution is -2.40. The summed E-state index contributed by atoms with van der Waals surface area (Å²) in [5.74, 6) is 1.32. The summed E-state index contributed by atoms with van der Waals surface area (Å²) < 4.78 is 10.9. The van der Waals surface area contributed by atoms with Crippen LogP contribution < -0.4 is 20.1 Å². The van der Waals surface area contributed by atoms with E-state index in [0.717, 1.165) is 0 Å². The Labute approximate surface area is 118 Å². The van der Waals surface area contributed by atoms with Crippen LogP contribution in [0.2, 0.25) is 0 Å². The maximum atomic E-state index is 11.8. The Morgan fingerprint density at radius 1 is 1.30 bits per heavy atom. The molecule has 1 aromatic carbocycles. The molecule has 0 saturated heterocycles. The maximum Gasteiger partial charge on any atom is 0.319 e. The largest absolute Gasteiger partial charge is 0.486 e. The van der Waals surface area contributed by atoms with Gasteiger partial charge in [0.25, 0.3) is 0 Å². The number of benzene rings is 1. The average Bonchev–Trinajstić information content (AvgIpc) is 2.46. The number of nitrogens with one attached hydrogen (secondary N) is 2. The van der Waals surface area contributed by atoms with Gasteiger partial charge >= 0.3 is 6.03 Å². The highest BCUT2D eigenvalue weighted by Crippen LogP contribution is 2.32. The Bertz CT molecular complexity index is 478. The van der Waals surface area contributed by atoms with Crippen LogP contribution in [0.4, 0.5) is 10.5 Å². The Balaban J connectivity index is 1.94. The number of aliphatic hydroxyl groups is 1. The van der Waals surface area contributed by atoms with E-state index in [4.69, 9.17) is 14.6 Å². The van der Waals surface area contributed by atoms with E-state index in [2.05, 4.69) is 10.6 Å². The molecule has 1 aliphatic rings. The van der Waals surface area contributed by atoms with Crippen molar-refractivity contribution in [3.63, 3.8) is 0 Å². The first kappa shape index (κ1) is 14.5. The van der Waals surface area contributed by atoms with Gasteiger partial charge in [-0.2, -0.15) is 0 Å². The van der Waals surface area contributed by atoms with Gasteiger partial charge in [0.05, 0.1) is 0 Å². The van der Waals surface area contributed by atoms with Gasteiger partial charge in [-0.25, -0.2) is 4.79 Å². The van der Waals surface area contributed by atoms with Crippen LogP contribution >= 0.6 is 0 Å². The number of urea groups is 1. The number of amides is 2. The van der Waals surface area contributed by atoms with E-state index in [1.807, 2.05) is 13.8 Å². The molecule has 1 aromatic rings. The number of rotatable bonds is 4. The van der Waals surface area contributed by atoms with E-state index in [1.54, 1.807) is 18.2 Å². The van der Waals surface area contributed by atoms with Crippen LogP contribution in [-0.4, -0.2) is 37.0 Å². The lowest BCUT2D eigenvalue weighted by Gasteiger charge is -2.21. The first-order chi connectivity index (χ1) is 9.60. The minimum absolute atomic E-state index is 0.000941. The van der Waals surface area contributed by atoms with Crippen molar-refractivity contribution in [1.82, 2.24) is 5.32 Å². The van der Waals surface area contributed by atoms with Crippen molar-refractivity contribution < 1.29 is 19.4 Å². The lowest BCUT2D eigenvalue weighted by molar-refractivity contribution is 0.171. The molecule has 0 spiro atoms. The van der Waals surface area contributed by atoms with Crippen LogP contribution in [0.15, 0.2) is 18.2 Å². The lowest BCUT2D eigenvalue weighted by atomic mass is 10.1. The van der Waals surface area contributed by atoms with E-state index in [0.29, 0.717) is 30.4 Å². The van der Waals surface area contributed by atoms with E-state index in [1.165, 1.54) is 0 Å². The second-order valence-corrected chi connectivity index (χ2v) is 4.91. The van der Waals surface area contributed by atoms with E-state index in [-0.39, 0.29) is 24.6 Å². The monoisotopic (exact) mass is 280 g/mol. The van der Waals surface area contributed by atoms with Gasteiger partial charge in [-0.1, -0.05) is 6.92 Å². The van der Waals surface area contributed by atoms with Crippen LogP contribution in [0.1, 0.15) is 13.8 Å². The Kier molecular flexibility index (Phi) is 4.68. The standard InChI is InChI=1S/C14H20N2O4/c1-9(8-17)10(2)15-14(18)16-11-3-4-12-13(7-11)20-6-5-19-12/h3-4,7,9-10,17H,5-6,8H2,1-2H3,(H2,15,16,18)/t9-,10+/m1/s1. The summed E-state index contributed by atoms with van der Waals surface area (Å²) in [5.41, 5.74) is 0.635. The molecule has 0 fully saturated rings. The topological polar surface area (TPSA) is 79.8 Å².